The quantitative estimate of drug-likeness (QED) is 0.545. The van der Waals surface area contributed by atoms with Crippen LogP contribution in [-0.4, -0.2) is 55.0 Å². The lowest BCUT2D eigenvalue weighted by Crippen LogP contribution is -2.44. The Bertz CT molecular complexity index is 1280. The van der Waals surface area contributed by atoms with Gasteiger partial charge >= 0.3 is 6.03 Å². The van der Waals surface area contributed by atoms with Crippen molar-refractivity contribution in [3.8, 4) is 11.5 Å². The fourth-order valence-electron chi connectivity index (χ4n) is 4.95. The molecule has 0 radical (unpaired) electrons. The molecule has 1 N–H and O–H groups in total. The second-order valence-corrected chi connectivity index (χ2v) is 8.95. The van der Waals surface area contributed by atoms with Crippen molar-refractivity contribution in [2.24, 2.45) is 0 Å². The maximum Gasteiger partial charge on any atom is 0.325 e. The van der Waals surface area contributed by atoms with Crippen LogP contribution in [0.15, 0.2) is 52.9 Å². The first-order chi connectivity index (χ1) is 16.9. The van der Waals surface area contributed by atoms with Crippen LogP contribution in [0, 0.1) is 0 Å². The largest absolute Gasteiger partial charge is 0.497 e. The summed E-state index contributed by atoms with van der Waals surface area (Å²) in [6, 6.07) is 13.7. The first-order valence-electron chi connectivity index (χ1n) is 11.5. The molecule has 2 atom stereocenters. The summed E-state index contributed by atoms with van der Waals surface area (Å²) in [7, 11) is 3.17. The van der Waals surface area contributed by atoms with Crippen LogP contribution in [0.3, 0.4) is 0 Å². The number of hydrogen-bond donors (Lipinski definition) is 1. The summed E-state index contributed by atoms with van der Waals surface area (Å²) >= 11 is 0. The molecule has 0 aliphatic carbocycles. The van der Waals surface area contributed by atoms with Crippen LogP contribution >= 0.6 is 0 Å². The minimum absolute atomic E-state index is 0.241. The summed E-state index contributed by atoms with van der Waals surface area (Å²) in [5.41, 5.74) is 0.0612. The Balaban J connectivity index is 1.38. The van der Waals surface area contributed by atoms with Gasteiger partial charge in [-0.05, 0) is 50.1 Å². The van der Waals surface area contributed by atoms with Crippen molar-refractivity contribution in [3.05, 3.63) is 59.9 Å². The third-order valence-corrected chi connectivity index (χ3v) is 6.86. The number of nitrogens with zero attached hydrogens (tertiary/aromatic N) is 2. The Morgan fingerprint density at radius 1 is 1.14 bits per heavy atom. The maximum absolute atomic E-state index is 13.4. The van der Waals surface area contributed by atoms with E-state index < -0.39 is 17.5 Å². The van der Waals surface area contributed by atoms with Crippen LogP contribution in [0.4, 0.5) is 4.79 Å². The lowest BCUT2D eigenvalue weighted by Gasteiger charge is -2.28. The number of methoxy groups -OCH3 is 2. The number of hydrogen-bond acceptors (Lipinski definition) is 6. The minimum atomic E-state index is -1.39. The molecule has 2 aromatic carbocycles. The lowest BCUT2D eigenvalue weighted by molar-refractivity contribution is -0.139. The molecule has 0 spiro atoms. The van der Waals surface area contributed by atoms with E-state index in [2.05, 4.69) is 5.32 Å². The monoisotopic (exact) mass is 477 g/mol. The number of urea groups is 1. The van der Waals surface area contributed by atoms with E-state index in [1.54, 1.807) is 44.2 Å². The molecule has 0 saturated carbocycles. The smallest absolute Gasteiger partial charge is 0.325 e. The molecule has 9 nitrogen and oxygen atoms in total. The summed E-state index contributed by atoms with van der Waals surface area (Å²) in [5, 5.41) is 3.54. The van der Waals surface area contributed by atoms with Gasteiger partial charge in [0, 0.05) is 17.5 Å². The zero-order valence-corrected chi connectivity index (χ0v) is 19.9. The lowest BCUT2D eigenvalue weighted by atomic mass is 9.99. The van der Waals surface area contributed by atoms with Crippen molar-refractivity contribution in [1.82, 2.24) is 15.1 Å². The standard InChI is InChI=1S/C26H27N3O6/c1-26(22-13-16-7-4-5-9-20(16)35-22)24(31)29(25(32)27-26)15-23(30)28-12-6-8-19(28)18-14-17(33-2)10-11-21(18)34-3/h4-5,7,9-11,13-14,19H,6,8,12,15H2,1-3H3,(H,27,32)/t19-,26-/m1/s1. The van der Waals surface area contributed by atoms with Gasteiger partial charge in [0.1, 0.15) is 29.4 Å². The van der Waals surface area contributed by atoms with Crippen LogP contribution in [0.1, 0.15) is 37.1 Å². The Kier molecular flexibility index (Phi) is 5.62. The molecule has 35 heavy (non-hydrogen) atoms. The number of furan rings is 1. The molecule has 9 heteroatoms. The fourth-order valence-corrected chi connectivity index (χ4v) is 4.95. The molecular weight excluding hydrogens is 450 g/mol. The van der Waals surface area contributed by atoms with E-state index in [1.807, 2.05) is 30.3 Å². The Hall–Kier alpha value is -4.01. The maximum atomic E-state index is 13.4. The number of carbonyl (C=O) groups excluding carboxylic acids is 3. The van der Waals surface area contributed by atoms with Gasteiger partial charge in [0.15, 0.2) is 5.54 Å². The van der Waals surface area contributed by atoms with Gasteiger partial charge in [0.25, 0.3) is 5.91 Å². The normalized spacial score (nSPS) is 22.1. The van der Waals surface area contributed by atoms with Crippen molar-refractivity contribution in [3.63, 3.8) is 0 Å². The van der Waals surface area contributed by atoms with Gasteiger partial charge in [-0.15, -0.1) is 0 Å². The predicted molar refractivity (Wildman–Crippen MR) is 127 cm³/mol. The molecule has 1 aromatic heterocycles. The number of para-hydroxylation sites is 1. The number of amides is 4. The number of benzene rings is 2. The zero-order chi connectivity index (χ0) is 24.7. The number of ether oxygens (including phenoxy) is 2. The van der Waals surface area contributed by atoms with Crippen molar-refractivity contribution in [1.29, 1.82) is 0 Å². The van der Waals surface area contributed by atoms with Crippen molar-refractivity contribution in [2.75, 3.05) is 27.3 Å². The average molecular weight is 478 g/mol. The van der Waals surface area contributed by atoms with Gasteiger partial charge in [-0.2, -0.15) is 0 Å². The van der Waals surface area contributed by atoms with E-state index in [9.17, 15) is 14.4 Å². The number of nitrogens with one attached hydrogen (secondary N) is 1. The third-order valence-electron chi connectivity index (χ3n) is 6.86. The zero-order valence-electron chi connectivity index (χ0n) is 19.9. The highest BCUT2D eigenvalue weighted by Gasteiger charge is 2.52. The summed E-state index contributed by atoms with van der Waals surface area (Å²) in [6.07, 6.45) is 1.54. The van der Waals surface area contributed by atoms with Gasteiger partial charge in [-0.25, -0.2) is 4.79 Å². The molecule has 3 heterocycles. The van der Waals surface area contributed by atoms with Gasteiger partial charge in [-0.1, -0.05) is 18.2 Å². The number of likely N-dealkylation sites (tertiary alicyclic amines) is 1. The van der Waals surface area contributed by atoms with Crippen molar-refractivity contribution < 1.29 is 28.3 Å². The van der Waals surface area contributed by atoms with Crippen molar-refractivity contribution >= 4 is 28.8 Å². The Morgan fingerprint density at radius 3 is 2.69 bits per heavy atom. The first-order valence-corrected chi connectivity index (χ1v) is 11.5. The predicted octanol–water partition coefficient (Wildman–Crippen LogP) is 3.58. The average Bonchev–Trinajstić information content (AvgIpc) is 3.58. The second-order valence-electron chi connectivity index (χ2n) is 8.95. The number of carbonyl (C=O) groups is 3. The highest BCUT2D eigenvalue weighted by Crippen LogP contribution is 2.39. The summed E-state index contributed by atoms with van der Waals surface area (Å²) < 4.78 is 16.7. The van der Waals surface area contributed by atoms with Crippen LogP contribution in [0.2, 0.25) is 0 Å². The fraction of sp³-hybridized carbons (Fsp3) is 0.346. The van der Waals surface area contributed by atoms with Gasteiger partial charge in [0.2, 0.25) is 5.91 Å². The Labute approximate surface area is 202 Å². The molecule has 3 aromatic rings. The van der Waals surface area contributed by atoms with Crippen LogP contribution in [0.25, 0.3) is 11.0 Å². The first kappa shape index (κ1) is 22.8. The summed E-state index contributed by atoms with van der Waals surface area (Å²) in [5.74, 6) is 0.810. The molecular formula is C26H27N3O6. The molecule has 2 saturated heterocycles. The van der Waals surface area contributed by atoms with Crippen molar-refractivity contribution in [2.45, 2.75) is 31.3 Å². The molecule has 2 fully saturated rings. The molecule has 0 bridgehead atoms. The highest BCUT2D eigenvalue weighted by atomic mass is 16.5. The van der Waals surface area contributed by atoms with E-state index in [1.165, 1.54) is 0 Å². The van der Waals surface area contributed by atoms with E-state index >= 15 is 0 Å². The SMILES string of the molecule is COc1ccc(OC)c([C@H]2CCCN2C(=O)CN2C(=O)N[C@](C)(c3cc4ccccc4o3)C2=O)c1. The molecule has 2 aliphatic heterocycles. The third kappa shape index (κ3) is 3.77. The topological polar surface area (TPSA) is 101 Å². The highest BCUT2D eigenvalue weighted by molar-refractivity contribution is 6.09. The van der Waals surface area contributed by atoms with E-state index in [0.29, 0.717) is 29.4 Å². The Morgan fingerprint density at radius 2 is 1.94 bits per heavy atom. The molecule has 2 aliphatic rings. The molecule has 5 rings (SSSR count). The second kappa shape index (κ2) is 8.65. The number of rotatable bonds is 6. The number of fused-ring (bicyclic) bond motifs is 1. The van der Waals surface area contributed by atoms with E-state index in [0.717, 1.165) is 28.7 Å². The van der Waals surface area contributed by atoms with E-state index in [-0.39, 0.29) is 18.5 Å². The van der Waals surface area contributed by atoms with Gasteiger partial charge in [-0.3, -0.25) is 14.5 Å². The van der Waals surface area contributed by atoms with Gasteiger partial charge < -0.3 is 24.1 Å². The van der Waals surface area contributed by atoms with Crippen LogP contribution < -0.4 is 14.8 Å². The molecule has 182 valence electrons. The van der Waals surface area contributed by atoms with Crippen LogP contribution in [0.5, 0.6) is 11.5 Å². The van der Waals surface area contributed by atoms with Gasteiger partial charge in [0.05, 0.1) is 20.3 Å². The van der Waals surface area contributed by atoms with E-state index in [4.69, 9.17) is 13.9 Å². The minimum Gasteiger partial charge on any atom is -0.497 e. The summed E-state index contributed by atoms with van der Waals surface area (Å²) in [4.78, 5) is 42.2. The number of imide groups is 1. The molecule has 0 unspecified atom stereocenters. The molecule has 4 amide bonds. The van der Waals surface area contributed by atoms with Crippen LogP contribution in [-0.2, 0) is 15.1 Å². The summed E-state index contributed by atoms with van der Waals surface area (Å²) in [6.45, 7) is 1.76.